The molecule has 5 heteroatoms. The van der Waals surface area contributed by atoms with E-state index in [0.29, 0.717) is 18.7 Å². The van der Waals surface area contributed by atoms with Crippen molar-refractivity contribution in [2.75, 3.05) is 13.1 Å². The van der Waals surface area contributed by atoms with Crippen molar-refractivity contribution in [3.63, 3.8) is 0 Å². The number of phenols is 1. The number of hydrogen-bond donors (Lipinski definition) is 4. The van der Waals surface area contributed by atoms with Crippen molar-refractivity contribution in [1.29, 1.82) is 0 Å². The molecule has 1 saturated heterocycles. The summed E-state index contributed by atoms with van der Waals surface area (Å²) in [6, 6.07) is 5.75. The van der Waals surface area contributed by atoms with E-state index in [1.165, 1.54) is 12.1 Å². The molecule has 16 heavy (non-hydrogen) atoms. The van der Waals surface area contributed by atoms with E-state index in [9.17, 15) is 9.90 Å². The number of nitrogens with one attached hydrogen (secondary N) is 2. The topological polar surface area (TPSA) is 81.6 Å². The lowest BCUT2D eigenvalue weighted by Gasteiger charge is -2.15. The predicted molar refractivity (Wildman–Crippen MR) is 58.2 cm³/mol. The van der Waals surface area contributed by atoms with Crippen molar-refractivity contribution < 1.29 is 15.0 Å². The van der Waals surface area contributed by atoms with Crippen LogP contribution in [0.4, 0.5) is 0 Å². The van der Waals surface area contributed by atoms with Gasteiger partial charge < -0.3 is 20.8 Å². The molecule has 86 valence electrons. The Hall–Kier alpha value is -1.59. The molecule has 1 fully saturated rings. The SMILES string of the molecule is O=C(NC1CNCC1O)c1ccc(O)cc1. The van der Waals surface area contributed by atoms with Crippen LogP contribution in [0.1, 0.15) is 10.4 Å². The molecule has 1 amide bonds. The quantitative estimate of drug-likeness (QED) is 0.541. The molecule has 1 aliphatic heterocycles. The van der Waals surface area contributed by atoms with Gasteiger partial charge in [-0.3, -0.25) is 4.79 Å². The van der Waals surface area contributed by atoms with Crippen molar-refractivity contribution in [2.45, 2.75) is 12.1 Å². The standard InChI is InChI=1S/C11H14N2O3/c14-8-3-1-7(2-4-8)11(16)13-9-5-12-6-10(9)15/h1-4,9-10,12,14-15H,5-6H2,(H,13,16). The van der Waals surface area contributed by atoms with Crippen molar-refractivity contribution in [1.82, 2.24) is 10.6 Å². The van der Waals surface area contributed by atoms with Gasteiger partial charge in [0.1, 0.15) is 5.75 Å². The summed E-state index contributed by atoms with van der Waals surface area (Å²) >= 11 is 0. The van der Waals surface area contributed by atoms with E-state index in [-0.39, 0.29) is 17.7 Å². The highest BCUT2D eigenvalue weighted by Gasteiger charge is 2.26. The zero-order valence-electron chi connectivity index (χ0n) is 8.68. The van der Waals surface area contributed by atoms with E-state index in [1.807, 2.05) is 0 Å². The van der Waals surface area contributed by atoms with Crippen LogP contribution in [0.2, 0.25) is 0 Å². The fraction of sp³-hybridized carbons (Fsp3) is 0.364. The highest BCUT2D eigenvalue weighted by molar-refractivity contribution is 5.94. The van der Waals surface area contributed by atoms with Crippen LogP contribution in [0.25, 0.3) is 0 Å². The van der Waals surface area contributed by atoms with Gasteiger partial charge in [0.25, 0.3) is 5.91 Å². The number of benzene rings is 1. The predicted octanol–water partition coefficient (Wildman–Crippen LogP) is -0.545. The second-order valence-electron chi connectivity index (χ2n) is 3.85. The number of β-amino-alcohol motifs (C(OH)–C–C–N with tert-alkyl or cyclic N) is 1. The number of aliphatic hydroxyl groups excluding tert-OH is 1. The van der Waals surface area contributed by atoms with Gasteiger partial charge in [-0.05, 0) is 24.3 Å². The molecule has 0 bridgehead atoms. The van der Waals surface area contributed by atoms with E-state index >= 15 is 0 Å². The minimum Gasteiger partial charge on any atom is -0.508 e. The van der Waals surface area contributed by atoms with Gasteiger partial charge in [-0.1, -0.05) is 0 Å². The number of amides is 1. The molecule has 0 saturated carbocycles. The minimum atomic E-state index is -0.541. The van der Waals surface area contributed by atoms with E-state index in [1.54, 1.807) is 12.1 Å². The fourth-order valence-electron chi connectivity index (χ4n) is 1.68. The molecule has 5 nitrogen and oxygen atoms in total. The molecule has 1 aliphatic rings. The number of hydrogen-bond acceptors (Lipinski definition) is 4. The van der Waals surface area contributed by atoms with Gasteiger partial charge in [0.15, 0.2) is 0 Å². The largest absolute Gasteiger partial charge is 0.508 e. The first-order chi connectivity index (χ1) is 7.66. The van der Waals surface area contributed by atoms with Crippen molar-refractivity contribution >= 4 is 5.91 Å². The van der Waals surface area contributed by atoms with Gasteiger partial charge in [0.05, 0.1) is 12.1 Å². The van der Waals surface area contributed by atoms with Crippen molar-refractivity contribution in [3.05, 3.63) is 29.8 Å². The zero-order valence-corrected chi connectivity index (χ0v) is 8.68. The first-order valence-electron chi connectivity index (χ1n) is 5.15. The number of carbonyl (C=O) groups excluding carboxylic acids is 1. The Balaban J connectivity index is 2.00. The Morgan fingerprint density at radius 2 is 2.00 bits per heavy atom. The van der Waals surface area contributed by atoms with E-state index < -0.39 is 6.10 Å². The highest BCUT2D eigenvalue weighted by atomic mass is 16.3. The normalized spacial score (nSPS) is 24.3. The monoisotopic (exact) mass is 222 g/mol. The third-order valence-corrected chi connectivity index (χ3v) is 2.63. The van der Waals surface area contributed by atoms with Gasteiger partial charge in [0, 0.05) is 18.7 Å². The molecule has 0 aliphatic carbocycles. The van der Waals surface area contributed by atoms with E-state index in [4.69, 9.17) is 5.11 Å². The van der Waals surface area contributed by atoms with Crippen molar-refractivity contribution in [3.8, 4) is 5.75 Å². The zero-order chi connectivity index (χ0) is 11.5. The molecule has 1 heterocycles. The molecule has 0 spiro atoms. The Morgan fingerprint density at radius 1 is 1.31 bits per heavy atom. The van der Waals surface area contributed by atoms with Gasteiger partial charge in [-0.25, -0.2) is 0 Å². The molecule has 2 atom stereocenters. The molecule has 1 aromatic carbocycles. The summed E-state index contributed by atoms with van der Waals surface area (Å²) in [5, 5.41) is 24.3. The summed E-state index contributed by atoms with van der Waals surface area (Å²) in [7, 11) is 0. The average Bonchev–Trinajstić information content (AvgIpc) is 2.65. The molecule has 2 rings (SSSR count). The van der Waals surface area contributed by atoms with Crippen LogP contribution in [-0.4, -0.2) is 41.4 Å². The lowest BCUT2D eigenvalue weighted by atomic mass is 10.1. The first-order valence-corrected chi connectivity index (χ1v) is 5.15. The van der Waals surface area contributed by atoms with Crippen LogP contribution >= 0.6 is 0 Å². The minimum absolute atomic E-state index is 0.124. The van der Waals surface area contributed by atoms with Crippen LogP contribution in [0.15, 0.2) is 24.3 Å². The van der Waals surface area contributed by atoms with Crippen LogP contribution in [-0.2, 0) is 0 Å². The van der Waals surface area contributed by atoms with Gasteiger partial charge in [-0.15, -0.1) is 0 Å². The lowest BCUT2D eigenvalue weighted by Crippen LogP contribution is -2.42. The molecule has 0 aromatic heterocycles. The lowest BCUT2D eigenvalue weighted by molar-refractivity contribution is 0.0888. The molecular formula is C11H14N2O3. The van der Waals surface area contributed by atoms with E-state index in [0.717, 1.165) is 0 Å². The molecule has 0 radical (unpaired) electrons. The number of rotatable bonds is 2. The Labute approximate surface area is 93.1 Å². The number of phenolic OH excluding ortho intramolecular Hbond substituents is 1. The summed E-state index contributed by atoms with van der Waals surface area (Å²) in [5.74, 6) is -0.119. The molecule has 1 aromatic rings. The summed E-state index contributed by atoms with van der Waals surface area (Å²) in [4.78, 5) is 11.7. The first kappa shape index (κ1) is 10.9. The van der Waals surface area contributed by atoms with Gasteiger partial charge in [0.2, 0.25) is 0 Å². The fourth-order valence-corrected chi connectivity index (χ4v) is 1.68. The summed E-state index contributed by atoms with van der Waals surface area (Å²) in [6.45, 7) is 1.07. The maximum atomic E-state index is 11.7. The smallest absolute Gasteiger partial charge is 0.251 e. The Morgan fingerprint density at radius 3 is 2.56 bits per heavy atom. The number of carbonyl (C=O) groups is 1. The third-order valence-electron chi connectivity index (χ3n) is 2.63. The third kappa shape index (κ3) is 2.32. The average molecular weight is 222 g/mol. The van der Waals surface area contributed by atoms with Gasteiger partial charge >= 0.3 is 0 Å². The van der Waals surface area contributed by atoms with Gasteiger partial charge in [-0.2, -0.15) is 0 Å². The summed E-state index contributed by atoms with van der Waals surface area (Å²) in [6.07, 6.45) is -0.541. The van der Waals surface area contributed by atoms with Crippen LogP contribution in [0.3, 0.4) is 0 Å². The second kappa shape index (κ2) is 4.51. The molecular weight excluding hydrogens is 208 g/mol. The number of aromatic hydroxyl groups is 1. The van der Waals surface area contributed by atoms with Crippen LogP contribution in [0.5, 0.6) is 5.75 Å². The molecule has 4 N–H and O–H groups in total. The highest BCUT2D eigenvalue weighted by Crippen LogP contribution is 2.10. The summed E-state index contributed by atoms with van der Waals surface area (Å²) in [5.41, 5.74) is 0.469. The van der Waals surface area contributed by atoms with Crippen LogP contribution < -0.4 is 10.6 Å². The van der Waals surface area contributed by atoms with E-state index in [2.05, 4.69) is 10.6 Å². The van der Waals surface area contributed by atoms with Crippen molar-refractivity contribution in [2.24, 2.45) is 0 Å². The second-order valence-corrected chi connectivity index (χ2v) is 3.85. The Kier molecular flexibility index (Phi) is 3.07. The number of aliphatic hydroxyl groups is 1. The maximum absolute atomic E-state index is 11.7. The Bertz CT molecular complexity index is 377. The summed E-state index contributed by atoms with van der Waals surface area (Å²) < 4.78 is 0. The maximum Gasteiger partial charge on any atom is 0.251 e. The van der Waals surface area contributed by atoms with Crippen LogP contribution in [0, 0.1) is 0 Å². The molecule has 2 unspecified atom stereocenters.